The van der Waals surface area contributed by atoms with Crippen molar-refractivity contribution in [3.63, 3.8) is 0 Å². The van der Waals surface area contributed by atoms with E-state index in [2.05, 4.69) is 11.9 Å². The Kier molecular flexibility index (Phi) is 8.38. The summed E-state index contributed by atoms with van der Waals surface area (Å²) in [7, 11) is 0. The third kappa shape index (κ3) is 6.56. The molecule has 4 aromatic rings. The second kappa shape index (κ2) is 12.1. The number of anilines is 1. The summed E-state index contributed by atoms with van der Waals surface area (Å²) in [4.78, 5) is 42.9. The maximum atomic E-state index is 13.6. The molecular weight excluding hydrogens is 478 g/mol. The van der Waals surface area contributed by atoms with Crippen molar-refractivity contribution in [1.82, 2.24) is 9.80 Å². The standard InChI is InChI=1S/C31H31N3O4/c1-4-15-33(31(37)32-26-12-8-9-22(2)16-26)20-29(35)34(18-24-10-6-5-7-11-24)19-25-21-38-28-14-13-23(3)17-27(28)30(25)36/h4-14,16-17,21H,1,15,18-20H2,2-3H3,(H,32,37). The number of benzene rings is 3. The number of nitrogens with zero attached hydrogens (tertiary/aromatic N) is 2. The van der Waals surface area contributed by atoms with Crippen molar-refractivity contribution >= 4 is 28.6 Å². The molecule has 0 unspecified atom stereocenters. The van der Waals surface area contributed by atoms with Crippen molar-refractivity contribution < 1.29 is 14.0 Å². The van der Waals surface area contributed by atoms with Gasteiger partial charge in [0.2, 0.25) is 5.91 Å². The van der Waals surface area contributed by atoms with Gasteiger partial charge in [-0.3, -0.25) is 9.59 Å². The van der Waals surface area contributed by atoms with E-state index in [1.807, 2.05) is 68.4 Å². The molecule has 1 aromatic heterocycles. The number of hydrogen-bond acceptors (Lipinski definition) is 4. The molecule has 0 aliphatic heterocycles. The minimum atomic E-state index is -0.413. The highest BCUT2D eigenvalue weighted by molar-refractivity contribution is 5.92. The number of hydrogen-bond donors (Lipinski definition) is 1. The number of nitrogens with one attached hydrogen (secondary N) is 1. The molecule has 7 nitrogen and oxygen atoms in total. The van der Waals surface area contributed by atoms with Crippen molar-refractivity contribution in [3.05, 3.63) is 124 Å². The van der Waals surface area contributed by atoms with Crippen LogP contribution < -0.4 is 10.7 Å². The Morgan fingerprint density at radius 2 is 1.68 bits per heavy atom. The van der Waals surface area contributed by atoms with Crippen molar-refractivity contribution in [2.24, 2.45) is 0 Å². The van der Waals surface area contributed by atoms with Gasteiger partial charge < -0.3 is 19.5 Å². The molecule has 0 spiro atoms. The van der Waals surface area contributed by atoms with Crippen LogP contribution >= 0.6 is 0 Å². The van der Waals surface area contributed by atoms with Gasteiger partial charge in [0, 0.05) is 18.8 Å². The minimum absolute atomic E-state index is 0.0430. The van der Waals surface area contributed by atoms with Gasteiger partial charge in [0.1, 0.15) is 12.1 Å². The highest BCUT2D eigenvalue weighted by atomic mass is 16.3. The van der Waals surface area contributed by atoms with Gasteiger partial charge in [-0.25, -0.2) is 4.79 Å². The molecule has 0 radical (unpaired) electrons. The van der Waals surface area contributed by atoms with Gasteiger partial charge in [0.25, 0.3) is 0 Å². The van der Waals surface area contributed by atoms with E-state index in [9.17, 15) is 14.4 Å². The summed E-state index contributed by atoms with van der Waals surface area (Å²) >= 11 is 0. The summed E-state index contributed by atoms with van der Waals surface area (Å²) in [6.07, 6.45) is 2.99. The molecule has 38 heavy (non-hydrogen) atoms. The maximum absolute atomic E-state index is 13.6. The lowest BCUT2D eigenvalue weighted by Crippen LogP contribution is -2.44. The minimum Gasteiger partial charge on any atom is -0.464 e. The Morgan fingerprint density at radius 3 is 2.42 bits per heavy atom. The summed E-state index contributed by atoms with van der Waals surface area (Å²) in [6, 6.07) is 22.0. The lowest BCUT2D eigenvalue weighted by molar-refractivity contribution is -0.133. The monoisotopic (exact) mass is 509 g/mol. The van der Waals surface area contributed by atoms with E-state index in [1.54, 1.807) is 29.2 Å². The van der Waals surface area contributed by atoms with Gasteiger partial charge in [-0.1, -0.05) is 60.2 Å². The third-order valence-corrected chi connectivity index (χ3v) is 6.16. The van der Waals surface area contributed by atoms with Crippen LogP contribution in [0.5, 0.6) is 0 Å². The topological polar surface area (TPSA) is 82.9 Å². The molecule has 3 aromatic carbocycles. The Balaban J connectivity index is 1.59. The van der Waals surface area contributed by atoms with Crippen LogP contribution in [0.1, 0.15) is 22.3 Å². The predicted molar refractivity (Wildman–Crippen MR) is 150 cm³/mol. The molecule has 0 saturated heterocycles. The average molecular weight is 510 g/mol. The molecule has 0 atom stereocenters. The summed E-state index contributed by atoms with van der Waals surface area (Å²) in [6.45, 7) is 7.89. The van der Waals surface area contributed by atoms with Crippen LogP contribution in [0, 0.1) is 13.8 Å². The van der Waals surface area contributed by atoms with E-state index in [0.29, 0.717) is 22.2 Å². The molecule has 4 rings (SSSR count). The van der Waals surface area contributed by atoms with Gasteiger partial charge in [-0.05, 0) is 49.2 Å². The number of urea groups is 1. The molecule has 0 bridgehead atoms. The smallest absolute Gasteiger partial charge is 0.322 e. The first-order valence-electron chi connectivity index (χ1n) is 12.4. The van der Waals surface area contributed by atoms with Crippen LogP contribution in [0.15, 0.2) is 101 Å². The van der Waals surface area contributed by atoms with Gasteiger partial charge in [-0.15, -0.1) is 6.58 Å². The molecular formula is C31H31N3O4. The fourth-order valence-electron chi connectivity index (χ4n) is 4.20. The Bertz CT molecular complexity index is 1510. The number of amides is 3. The quantitative estimate of drug-likeness (QED) is 0.295. The molecule has 1 heterocycles. The molecule has 7 heteroatoms. The van der Waals surface area contributed by atoms with Crippen LogP contribution in [-0.2, 0) is 17.9 Å². The second-order valence-corrected chi connectivity index (χ2v) is 9.29. The molecule has 3 amide bonds. The SMILES string of the molecule is C=CCN(CC(=O)N(Cc1ccccc1)Cc1coc2ccc(C)cc2c1=O)C(=O)Nc1cccc(C)c1. The first-order chi connectivity index (χ1) is 18.3. The highest BCUT2D eigenvalue weighted by Gasteiger charge is 2.23. The molecule has 1 N–H and O–H groups in total. The first kappa shape index (κ1) is 26.4. The van der Waals surface area contributed by atoms with E-state index in [-0.39, 0.29) is 37.5 Å². The zero-order valence-corrected chi connectivity index (χ0v) is 21.6. The summed E-state index contributed by atoms with van der Waals surface area (Å²) in [5.41, 5.74) is 4.18. The van der Waals surface area contributed by atoms with Crippen molar-refractivity contribution in [1.29, 1.82) is 0 Å². The van der Waals surface area contributed by atoms with Gasteiger partial charge in [0.15, 0.2) is 5.43 Å². The number of fused-ring (bicyclic) bond motifs is 1. The zero-order valence-electron chi connectivity index (χ0n) is 21.6. The highest BCUT2D eigenvalue weighted by Crippen LogP contribution is 2.16. The van der Waals surface area contributed by atoms with Gasteiger partial charge in [0.05, 0.1) is 23.8 Å². The van der Waals surface area contributed by atoms with E-state index < -0.39 is 6.03 Å². The first-order valence-corrected chi connectivity index (χ1v) is 12.4. The van der Waals surface area contributed by atoms with Crippen LogP contribution in [0.4, 0.5) is 10.5 Å². The number of aryl methyl sites for hydroxylation is 2. The van der Waals surface area contributed by atoms with Gasteiger partial charge >= 0.3 is 6.03 Å². The average Bonchev–Trinajstić information content (AvgIpc) is 2.90. The van der Waals surface area contributed by atoms with E-state index in [0.717, 1.165) is 16.7 Å². The fourth-order valence-corrected chi connectivity index (χ4v) is 4.20. The van der Waals surface area contributed by atoms with Crippen LogP contribution in [0.2, 0.25) is 0 Å². The van der Waals surface area contributed by atoms with Crippen molar-refractivity contribution in [2.45, 2.75) is 26.9 Å². The molecule has 194 valence electrons. The van der Waals surface area contributed by atoms with E-state index in [4.69, 9.17) is 4.42 Å². The number of rotatable bonds is 9. The van der Waals surface area contributed by atoms with Crippen LogP contribution in [-0.4, -0.2) is 34.8 Å². The molecule has 0 fully saturated rings. The summed E-state index contributed by atoms with van der Waals surface area (Å²) in [5, 5.41) is 3.32. The lowest BCUT2D eigenvalue weighted by atomic mass is 10.1. The molecule has 0 aliphatic rings. The Labute approximate surface area is 222 Å². The van der Waals surface area contributed by atoms with Crippen LogP contribution in [0.25, 0.3) is 11.0 Å². The predicted octanol–water partition coefficient (Wildman–Crippen LogP) is 5.66. The Morgan fingerprint density at radius 1 is 0.921 bits per heavy atom. The van der Waals surface area contributed by atoms with Crippen LogP contribution in [0.3, 0.4) is 0 Å². The van der Waals surface area contributed by atoms with Gasteiger partial charge in [-0.2, -0.15) is 0 Å². The molecule has 0 saturated carbocycles. The van der Waals surface area contributed by atoms with E-state index in [1.165, 1.54) is 11.2 Å². The van der Waals surface area contributed by atoms with E-state index >= 15 is 0 Å². The number of carbonyl (C=O) groups is 2. The largest absolute Gasteiger partial charge is 0.464 e. The second-order valence-electron chi connectivity index (χ2n) is 9.29. The number of carbonyl (C=O) groups excluding carboxylic acids is 2. The third-order valence-electron chi connectivity index (χ3n) is 6.16. The van der Waals surface area contributed by atoms with Crippen molar-refractivity contribution in [2.75, 3.05) is 18.4 Å². The lowest BCUT2D eigenvalue weighted by Gasteiger charge is -2.27. The summed E-state index contributed by atoms with van der Waals surface area (Å²) < 4.78 is 5.72. The fraction of sp³-hybridized carbons (Fsp3) is 0.194. The summed E-state index contributed by atoms with van der Waals surface area (Å²) in [5.74, 6) is -0.307. The maximum Gasteiger partial charge on any atom is 0.322 e. The normalized spacial score (nSPS) is 10.7. The van der Waals surface area contributed by atoms with Crippen molar-refractivity contribution in [3.8, 4) is 0 Å². The zero-order chi connectivity index (χ0) is 27.1. The Hall–Kier alpha value is -4.65. The molecule has 0 aliphatic carbocycles.